The number of nitrogens with zero attached hydrogens (tertiary/aromatic N) is 4. The molecule has 0 aliphatic heterocycles. The van der Waals surface area contributed by atoms with Gasteiger partial charge in [0, 0.05) is 16.7 Å². The van der Waals surface area contributed by atoms with Gasteiger partial charge in [-0.2, -0.15) is 5.26 Å². The van der Waals surface area contributed by atoms with Crippen LogP contribution in [0, 0.1) is 29.1 Å². The Morgan fingerprint density at radius 2 is 1.04 bits per heavy atom. The number of fused-ring (bicyclic) bond motifs is 2. The summed E-state index contributed by atoms with van der Waals surface area (Å²) >= 11 is 0. The lowest BCUT2D eigenvalue weighted by Gasteiger charge is -2.50. The van der Waals surface area contributed by atoms with Crippen molar-refractivity contribution < 1.29 is 0 Å². The summed E-state index contributed by atoms with van der Waals surface area (Å²) in [5, 5.41) is 9.33. The van der Waals surface area contributed by atoms with Gasteiger partial charge < -0.3 is 0 Å². The van der Waals surface area contributed by atoms with Crippen LogP contribution in [0.3, 0.4) is 0 Å². The normalized spacial score (nSPS) is 21.5. The van der Waals surface area contributed by atoms with Crippen molar-refractivity contribution in [2.45, 2.75) is 51.4 Å². The average Bonchev–Trinajstić information content (AvgIpc) is 3.14. The highest BCUT2D eigenvalue weighted by atomic mass is 15.0. The van der Waals surface area contributed by atoms with Crippen LogP contribution in [0.1, 0.15) is 57.1 Å². The van der Waals surface area contributed by atoms with Gasteiger partial charge in [-0.25, -0.2) is 15.0 Å². The van der Waals surface area contributed by atoms with Gasteiger partial charge in [0.1, 0.15) is 0 Å². The molecule has 0 radical (unpaired) electrons. The quantitative estimate of drug-likeness (QED) is 0.182. The van der Waals surface area contributed by atoms with E-state index in [1.807, 2.05) is 42.5 Å². The Labute approximate surface area is 289 Å². The standard InChI is InChI=1S/C45H40N4/c1-30-22-33-23-31(2)27-45(26-30,28-33)39-15-9-13-37(25-39)41-17-7-6-16-40(41)36-12-8-14-38(24-36)44-48-42(34-10-4-3-5-11-34)47-43(49-44)35-20-18-32(29-46)19-21-35/h3-21,24-25,30-31,33H,22-23,26-28H2,1-2H3/t30-,31+,33?,45?. The fraction of sp³-hybridized carbons (Fsp3) is 0.244. The second-order valence-electron chi connectivity index (χ2n) is 14.5. The van der Waals surface area contributed by atoms with Crippen molar-refractivity contribution in [3.63, 3.8) is 0 Å². The minimum absolute atomic E-state index is 0.284. The SMILES string of the molecule is C[C@@H]1CC2C[C@H](C)CC(c3cccc(-c4ccccc4-c4cccc(-c5nc(-c6ccccc6)nc(-c6ccc(C#N)cc6)n5)c4)c3)(C2)C1. The van der Waals surface area contributed by atoms with Gasteiger partial charge in [-0.3, -0.25) is 0 Å². The molecule has 0 saturated heterocycles. The maximum Gasteiger partial charge on any atom is 0.164 e. The monoisotopic (exact) mass is 636 g/mol. The number of aromatic nitrogens is 3. The lowest BCUT2D eigenvalue weighted by Crippen LogP contribution is -2.42. The van der Waals surface area contributed by atoms with Crippen LogP contribution in [0.5, 0.6) is 0 Å². The Morgan fingerprint density at radius 3 is 1.67 bits per heavy atom. The van der Waals surface area contributed by atoms with Gasteiger partial charge in [0.05, 0.1) is 11.6 Å². The molecular weight excluding hydrogens is 597 g/mol. The maximum absolute atomic E-state index is 9.33. The van der Waals surface area contributed by atoms with E-state index in [1.54, 1.807) is 12.1 Å². The zero-order chi connectivity index (χ0) is 33.4. The smallest absolute Gasteiger partial charge is 0.164 e. The maximum atomic E-state index is 9.33. The topological polar surface area (TPSA) is 62.5 Å². The average molecular weight is 637 g/mol. The van der Waals surface area contributed by atoms with Gasteiger partial charge in [-0.05, 0) is 113 Å². The molecule has 2 bridgehead atoms. The van der Waals surface area contributed by atoms with Crippen LogP contribution in [-0.4, -0.2) is 15.0 Å². The Bertz CT molecular complexity index is 2140. The summed E-state index contributed by atoms with van der Waals surface area (Å²) in [6.45, 7) is 4.93. The minimum Gasteiger partial charge on any atom is -0.208 e. The van der Waals surface area contributed by atoms with Crippen LogP contribution in [0.25, 0.3) is 56.4 Å². The van der Waals surface area contributed by atoms with E-state index in [0.29, 0.717) is 23.0 Å². The summed E-state index contributed by atoms with van der Waals surface area (Å²) in [6.07, 6.45) is 6.68. The first-order valence-corrected chi connectivity index (χ1v) is 17.6. The van der Waals surface area contributed by atoms with Crippen LogP contribution in [0.2, 0.25) is 0 Å². The fourth-order valence-electron chi connectivity index (χ4n) is 8.93. The molecule has 4 nitrogen and oxygen atoms in total. The van der Waals surface area contributed by atoms with Crippen LogP contribution >= 0.6 is 0 Å². The van der Waals surface area contributed by atoms with Crippen molar-refractivity contribution in [3.8, 4) is 62.5 Å². The summed E-state index contributed by atoms with van der Waals surface area (Å²) in [5.74, 6) is 4.21. The predicted molar refractivity (Wildman–Crippen MR) is 198 cm³/mol. The number of hydrogen-bond acceptors (Lipinski definition) is 4. The Hall–Kier alpha value is -5.40. The molecule has 1 heterocycles. The third-order valence-electron chi connectivity index (χ3n) is 10.7. The minimum atomic E-state index is 0.284. The molecular formula is C45H40N4. The van der Waals surface area contributed by atoms with Gasteiger partial charge in [0.15, 0.2) is 17.5 Å². The van der Waals surface area contributed by atoms with Gasteiger partial charge in [-0.15, -0.1) is 0 Å². The zero-order valence-electron chi connectivity index (χ0n) is 28.2. The highest BCUT2D eigenvalue weighted by Gasteiger charge is 2.45. The van der Waals surface area contributed by atoms with E-state index in [1.165, 1.54) is 54.4 Å². The molecule has 2 saturated carbocycles. The Balaban J connectivity index is 1.20. The first-order chi connectivity index (χ1) is 24.0. The number of hydrogen-bond donors (Lipinski definition) is 0. The number of rotatable bonds is 6. The molecule has 49 heavy (non-hydrogen) atoms. The largest absolute Gasteiger partial charge is 0.208 e. The third kappa shape index (κ3) is 6.18. The van der Waals surface area contributed by atoms with E-state index in [9.17, 15) is 5.26 Å². The van der Waals surface area contributed by atoms with Crippen LogP contribution in [0.15, 0.2) is 127 Å². The van der Waals surface area contributed by atoms with Crippen molar-refractivity contribution >= 4 is 0 Å². The fourth-order valence-corrected chi connectivity index (χ4v) is 8.93. The summed E-state index contributed by atoms with van der Waals surface area (Å²) < 4.78 is 0. The van der Waals surface area contributed by atoms with Crippen molar-refractivity contribution in [2.75, 3.05) is 0 Å². The van der Waals surface area contributed by atoms with Crippen LogP contribution in [0.4, 0.5) is 0 Å². The highest BCUT2D eigenvalue weighted by molar-refractivity contribution is 5.85. The molecule has 2 fully saturated rings. The van der Waals surface area contributed by atoms with Crippen LogP contribution in [-0.2, 0) is 5.41 Å². The summed E-state index contributed by atoms with van der Waals surface area (Å²) in [5.41, 5.74) is 9.91. The number of nitriles is 1. The van der Waals surface area contributed by atoms with E-state index in [4.69, 9.17) is 15.0 Å². The van der Waals surface area contributed by atoms with E-state index in [0.717, 1.165) is 40.0 Å². The van der Waals surface area contributed by atoms with Crippen molar-refractivity contribution in [1.82, 2.24) is 15.0 Å². The lowest BCUT2D eigenvalue weighted by molar-refractivity contribution is 0.0780. The van der Waals surface area contributed by atoms with Gasteiger partial charge >= 0.3 is 0 Å². The molecule has 6 aromatic rings. The Morgan fingerprint density at radius 1 is 0.531 bits per heavy atom. The molecule has 8 rings (SSSR count). The third-order valence-corrected chi connectivity index (χ3v) is 10.7. The summed E-state index contributed by atoms with van der Waals surface area (Å²) in [6, 6.07) is 46.4. The molecule has 2 aliphatic carbocycles. The van der Waals surface area contributed by atoms with Gasteiger partial charge in [0.25, 0.3) is 0 Å². The second-order valence-corrected chi connectivity index (χ2v) is 14.5. The molecule has 1 aromatic heterocycles. The van der Waals surface area contributed by atoms with Crippen molar-refractivity contribution in [2.24, 2.45) is 17.8 Å². The molecule has 5 aromatic carbocycles. The predicted octanol–water partition coefficient (Wildman–Crippen LogP) is 11.2. The first kappa shape index (κ1) is 30.9. The molecule has 0 N–H and O–H groups in total. The summed E-state index contributed by atoms with van der Waals surface area (Å²) in [4.78, 5) is 14.8. The van der Waals surface area contributed by atoms with E-state index < -0.39 is 0 Å². The molecule has 0 amide bonds. The lowest BCUT2D eigenvalue weighted by atomic mass is 9.54. The van der Waals surface area contributed by atoms with Crippen molar-refractivity contribution in [3.05, 3.63) is 139 Å². The molecule has 0 spiro atoms. The molecule has 240 valence electrons. The molecule has 2 aliphatic rings. The second kappa shape index (κ2) is 12.9. The first-order valence-electron chi connectivity index (χ1n) is 17.6. The Kier molecular flexibility index (Phi) is 8.14. The number of benzene rings is 5. The van der Waals surface area contributed by atoms with Gasteiger partial charge in [0.2, 0.25) is 0 Å². The molecule has 2 unspecified atom stereocenters. The van der Waals surface area contributed by atoms with Crippen molar-refractivity contribution in [1.29, 1.82) is 5.26 Å². The van der Waals surface area contributed by atoms with E-state index in [-0.39, 0.29) is 5.41 Å². The summed E-state index contributed by atoms with van der Waals surface area (Å²) in [7, 11) is 0. The van der Waals surface area contributed by atoms with E-state index >= 15 is 0 Å². The van der Waals surface area contributed by atoms with E-state index in [2.05, 4.69) is 92.7 Å². The molecule has 4 atom stereocenters. The van der Waals surface area contributed by atoms with Crippen LogP contribution < -0.4 is 0 Å². The van der Waals surface area contributed by atoms with Gasteiger partial charge in [-0.1, -0.05) is 111 Å². The molecule has 4 heteroatoms. The zero-order valence-corrected chi connectivity index (χ0v) is 28.2. The highest BCUT2D eigenvalue weighted by Crippen LogP contribution is 2.54.